The molecule has 1 aliphatic carbocycles. The van der Waals surface area contributed by atoms with Crippen LogP contribution >= 0.6 is 28.1 Å². The summed E-state index contributed by atoms with van der Waals surface area (Å²) < 4.78 is 1.21. The maximum absolute atomic E-state index is 5.00. The van der Waals surface area contributed by atoms with Crippen LogP contribution in [0.1, 0.15) is 11.1 Å². The van der Waals surface area contributed by atoms with Gasteiger partial charge in [-0.2, -0.15) is 0 Å². The van der Waals surface area contributed by atoms with Gasteiger partial charge >= 0.3 is 0 Å². The Balaban J connectivity index is 1.86. The quantitative estimate of drug-likeness (QED) is 0.805. The van der Waals surface area contributed by atoms with E-state index in [-0.39, 0.29) is 0 Å². The molecule has 3 rings (SSSR count). The molecule has 1 aliphatic heterocycles. The molecule has 1 radical (unpaired) electrons. The second-order valence-electron chi connectivity index (χ2n) is 4.11. The first-order valence-electron chi connectivity index (χ1n) is 5.22. The molecule has 1 atom stereocenters. The summed E-state index contributed by atoms with van der Waals surface area (Å²) in [4.78, 5) is 0. The predicted molar refractivity (Wildman–Crippen MR) is 71.0 cm³/mol. The van der Waals surface area contributed by atoms with E-state index in [1.54, 1.807) is 0 Å². The largest absolute Gasteiger partial charge is 0.336 e. The summed E-state index contributed by atoms with van der Waals surface area (Å²) in [6, 6.07) is 6.39. The molecular weight excluding hydrogens is 284 g/mol. The molecule has 0 fully saturated rings. The highest BCUT2D eigenvalue weighted by atomic mass is 79.9. The molecule has 0 bridgehead atoms. The molecule has 1 heterocycles. The van der Waals surface area contributed by atoms with Gasteiger partial charge in [-0.1, -0.05) is 28.1 Å². The summed E-state index contributed by atoms with van der Waals surface area (Å²) in [7, 11) is 0. The Hall–Kier alpha value is -0.870. The van der Waals surface area contributed by atoms with Gasteiger partial charge in [0.2, 0.25) is 0 Å². The third kappa shape index (κ3) is 1.66. The van der Waals surface area contributed by atoms with Gasteiger partial charge in [0.15, 0.2) is 5.11 Å². The fraction of sp³-hybridized carbons (Fsp3) is 0.250. The number of nitrogens with zero attached hydrogens (tertiary/aromatic N) is 1. The number of nitrogens with one attached hydrogen (secondary N) is 1. The molecule has 0 amide bonds. The van der Waals surface area contributed by atoms with Crippen LogP contribution in [-0.2, 0) is 12.8 Å². The molecule has 1 aromatic carbocycles. The lowest BCUT2D eigenvalue weighted by molar-refractivity contribution is 0.633. The van der Waals surface area contributed by atoms with Crippen LogP contribution in [0.5, 0.6) is 0 Å². The number of fused-ring (bicyclic) bond motifs is 1. The SMILES string of the molecule is S=C1[N]C(C2Cc3cccc(Br)c3C2)=CN1. The standard InChI is InChI=1S/C12H10BrN2S/c13-10-3-1-2-7-4-8(5-9(7)10)11-6-14-12(16)15-11/h1-3,6,8H,4-5H2,(H,14,16). The van der Waals surface area contributed by atoms with Crippen molar-refractivity contribution in [1.29, 1.82) is 0 Å². The Morgan fingerprint density at radius 3 is 2.94 bits per heavy atom. The van der Waals surface area contributed by atoms with Gasteiger partial charge in [-0.05, 0) is 42.3 Å². The number of hydrogen-bond acceptors (Lipinski definition) is 1. The van der Waals surface area contributed by atoms with Gasteiger partial charge in [0, 0.05) is 16.6 Å². The van der Waals surface area contributed by atoms with Gasteiger partial charge in [0.1, 0.15) is 0 Å². The number of allylic oxidation sites excluding steroid dienone is 1. The zero-order valence-corrected chi connectivity index (χ0v) is 10.9. The average molecular weight is 294 g/mol. The van der Waals surface area contributed by atoms with Crippen LogP contribution in [0.3, 0.4) is 0 Å². The first kappa shape index (κ1) is 10.3. The van der Waals surface area contributed by atoms with Crippen molar-refractivity contribution in [2.75, 3.05) is 0 Å². The Bertz CT molecular complexity index is 496. The van der Waals surface area contributed by atoms with Crippen LogP contribution in [0.2, 0.25) is 0 Å². The van der Waals surface area contributed by atoms with Crippen molar-refractivity contribution < 1.29 is 0 Å². The lowest BCUT2D eigenvalue weighted by atomic mass is 10.0. The second-order valence-corrected chi connectivity index (χ2v) is 5.35. The Morgan fingerprint density at radius 1 is 1.38 bits per heavy atom. The van der Waals surface area contributed by atoms with E-state index < -0.39 is 0 Å². The van der Waals surface area contributed by atoms with Crippen LogP contribution in [0, 0.1) is 5.92 Å². The van der Waals surface area contributed by atoms with Crippen molar-refractivity contribution in [3.8, 4) is 0 Å². The highest BCUT2D eigenvalue weighted by molar-refractivity contribution is 9.10. The molecule has 81 valence electrons. The number of rotatable bonds is 1. The van der Waals surface area contributed by atoms with Crippen molar-refractivity contribution in [2.45, 2.75) is 12.8 Å². The molecule has 0 saturated carbocycles. The minimum absolute atomic E-state index is 0.474. The van der Waals surface area contributed by atoms with Crippen LogP contribution in [-0.4, -0.2) is 5.11 Å². The van der Waals surface area contributed by atoms with Crippen molar-refractivity contribution in [3.05, 3.63) is 45.7 Å². The Kier molecular flexibility index (Phi) is 2.48. The molecule has 16 heavy (non-hydrogen) atoms. The van der Waals surface area contributed by atoms with E-state index in [4.69, 9.17) is 12.2 Å². The first-order chi connectivity index (χ1) is 7.74. The van der Waals surface area contributed by atoms with E-state index in [0.717, 1.165) is 18.5 Å². The van der Waals surface area contributed by atoms with E-state index in [1.807, 2.05) is 6.20 Å². The van der Waals surface area contributed by atoms with Gasteiger partial charge in [0.05, 0.1) is 5.70 Å². The molecule has 0 aromatic heterocycles. The predicted octanol–water partition coefficient (Wildman–Crippen LogP) is 2.50. The molecule has 1 unspecified atom stereocenters. The van der Waals surface area contributed by atoms with E-state index in [2.05, 4.69) is 44.8 Å². The van der Waals surface area contributed by atoms with E-state index in [0.29, 0.717) is 11.0 Å². The topological polar surface area (TPSA) is 26.1 Å². The van der Waals surface area contributed by atoms with Crippen molar-refractivity contribution in [1.82, 2.24) is 10.6 Å². The summed E-state index contributed by atoms with van der Waals surface area (Å²) in [5.41, 5.74) is 3.93. The highest BCUT2D eigenvalue weighted by Gasteiger charge is 2.28. The van der Waals surface area contributed by atoms with Gasteiger partial charge in [0.25, 0.3) is 0 Å². The Labute approximate surface area is 108 Å². The van der Waals surface area contributed by atoms with Crippen LogP contribution in [0.15, 0.2) is 34.6 Å². The van der Waals surface area contributed by atoms with Crippen LogP contribution in [0.4, 0.5) is 0 Å². The molecule has 0 saturated heterocycles. The van der Waals surface area contributed by atoms with Gasteiger partial charge < -0.3 is 5.32 Å². The minimum Gasteiger partial charge on any atom is -0.336 e. The number of thiocarbonyl (C=S) groups is 1. The molecule has 2 aliphatic rings. The van der Waals surface area contributed by atoms with Crippen LogP contribution in [0.25, 0.3) is 0 Å². The van der Waals surface area contributed by atoms with Gasteiger partial charge in [-0.25, -0.2) is 5.32 Å². The third-order valence-corrected chi connectivity index (χ3v) is 4.08. The zero-order chi connectivity index (χ0) is 11.1. The maximum Gasteiger partial charge on any atom is 0.197 e. The van der Waals surface area contributed by atoms with Crippen LogP contribution < -0.4 is 10.6 Å². The first-order valence-corrected chi connectivity index (χ1v) is 6.43. The van der Waals surface area contributed by atoms with Crippen molar-refractivity contribution >= 4 is 33.3 Å². The molecule has 2 nitrogen and oxygen atoms in total. The smallest absolute Gasteiger partial charge is 0.197 e. The lowest BCUT2D eigenvalue weighted by Gasteiger charge is -2.07. The normalized spacial score (nSPS) is 22.4. The zero-order valence-electron chi connectivity index (χ0n) is 8.53. The fourth-order valence-corrected chi connectivity index (χ4v) is 3.08. The van der Waals surface area contributed by atoms with E-state index in [9.17, 15) is 0 Å². The molecule has 0 spiro atoms. The minimum atomic E-state index is 0.474. The lowest BCUT2D eigenvalue weighted by Crippen LogP contribution is -2.18. The van der Waals surface area contributed by atoms with Crippen molar-refractivity contribution in [2.24, 2.45) is 5.92 Å². The average Bonchev–Trinajstić information content (AvgIpc) is 2.84. The number of hydrogen-bond donors (Lipinski definition) is 1. The van der Waals surface area contributed by atoms with E-state index >= 15 is 0 Å². The number of benzene rings is 1. The molecule has 1 aromatic rings. The molecule has 4 heteroatoms. The monoisotopic (exact) mass is 293 g/mol. The summed E-state index contributed by atoms with van der Waals surface area (Å²) in [5.74, 6) is 0.474. The van der Waals surface area contributed by atoms with Gasteiger partial charge in [-0.3, -0.25) is 0 Å². The maximum atomic E-state index is 5.00. The molecule has 1 N–H and O–H groups in total. The summed E-state index contributed by atoms with van der Waals surface area (Å²) in [6.07, 6.45) is 4.05. The number of halogens is 1. The fourth-order valence-electron chi connectivity index (χ4n) is 2.34. The highest BCUT2D eigenvalue weighted by Crippen LogP contribution is 2.35. The third-order valence-electron chi connectivity index (χ3n) is 3.13. The van der Waals surface area contributed by atoms with Crippen molar-refractivity contribution in [3.63, 3.8) is 0 Å². The molecular formula is C12H10BrN2S. The summed E-state index contributed by atoms with van der Waals surface area (Å²) >= 11 is 8.61. The summed E-state index contributed by atoms with van der Waals surface area (Å²) in [6.45, 7) is 0. The summed E-state index contributed by atoms with van der Waals surface area (Å²) in [5, 5.41) is 7.92. The second kappa shape index (κ2) is 3.86. The van der Waals surface area contributed by atoms with E-state index in [1.165, 1.54) is 15.6 Å². The van der Waals surface area contributed by atoms with Gasteiger partial charge in [-0.15, -0.1) is 0 Å². The Morgan fingerprint density at radius 2 is 2.25 bits per heavy atom.